The quantitative estimate of drug-likeness (QED) is 0.673. The average molecular weight is 305 g/mol. The third-order valence-corrected chi connectivity index (χ3v) is 5.97. The zero-order valence-corrected chi connectivity index (χ0v) is 13.0. The van der Waals surface area contributed by atoms with E-state index >= 15 is 0 Å². The average Bonchev–Trinajstić information content (AvgIpc) is 3.17. The van der Waals surface area contributed by atoms with Crippen molar-refractivity contribution in [1.29, 1.82) is 0 Å². The predicted molar refractivity (Wildman–Crippen MR) is 86.4 cm³/mol. The first-order valence-corrected chi connectivity index (χ1v) is 8.85. The fourth-order valence-corrected chi connectivity index (χ4v) is 4.51. The summed E-state index contributed by atoms with van der Waals surface area (Å²) in [4.78, 5) is 4.15. The van der Waals surface area contributed by atoms with Crippen molar-refractivity contribution in [2.75, 3.05) is 0 Å². The number of hydrogen-bond donors (Lipinski definition) is 1. The summed E-state index contributed by atoms with van der Waals surface area (Å²) in [5.74, 6) is 0. The van der Waals surface area contributed by atoms with E-state index in [0.717, 1.165) is 0 Å². The molecule has 1 nitrogen and oxygen atoms in total. The van der Waals surface area contributed by atoms with Gasteiger partial charge in [0.1, 0.15) is 0 Å². The van der Waals surface area contributed by atoms with Gasteiger partial charge in [0.25, 0.3) is 0 Å². The molecule has 1 atom stereocenters. The third-order valence-electron chi connectivity index (χ3n) is 3.04. The van der Waals surface area contributed by atoms with Crippen molar-refractivity contribution < 1.29 is 0 Å². The van der Waals surface area contributed by atoms with Crippen molar-refractivity contribution in [3.63, 3.8) is 0 Å². The summed E-state index contributed by atoms with van der Waals surface area (Å²) in [6.07, 6.45) is 0. The van der Waals surface area contributed by atoms with E-state index in [2.05, 4.69) is 64.8 Å². The van der Waals surface area contributed by atoms with Crippen LogP contribution in [0.4, 0.5) is 0 Å². The van der Waals surface area contributed by atoms with Gasteiger partial charge in [-0.25, -0.2) is 0 Å². The Balaban J connectivity index is 1.84. The fourth-order valence-electron chi connectivity index (χ4n) is 2.09. The van der Waals surface area contributed by atoms with E-state index in [-0.39, 0.29) is 0 Å². The van der Waals surface area contributed by atoms with E-state index in [9.17, 15) is 0 Å². The van der Waals surface area contributed by atoms with Crippen LogP contribution < -0.4 is 5.32 Å². The molecule has 3 aromatic heterocycles. The molecule has 4 heteroatoms. The van der Waals surface area contributed by atoms with Gasteiger partial charge in [0.05, 0.1) is 6.04 Å². The normalized spacial score (nSPS) is 12.9. The summed E-state index contributed by atoms with van der Waals surface area (Å²) in [5, 5.41) is 10.2. The standard InChI is InChI=1S/C15H15NS3/c1-11(12-5-2-8-17-12)16-15(13-6-3-9-18-13)14-7-4-10-19-14/h2-11,15-16H,1H3/t11-/m0/s1. The Morgan fingerprint density at radius 3 is 1.68 bits per heavy atom. The molecule has 3 rings (SSSR count). The van der Waals surface area contributed by atoms with Crippen LogP contribution in [0.25, 0.3) is 0 Å². The van der Waals surface area contributed by atoms with Gasteiger partial charge in [0.15, 0.2) is 0 Å². The van der Waals surface area contributed by atoms with Crippen LogP contribution >= 0.6 is 34.0 Å². The maximum Gasteiger partial charge on any atom is 0.0769 e. The fraction of sp³-hybridized carbons (Fsp3) is 0.200. The minimum atomic E-state index is 0.303. The minimum absolute atomic E-state index is 0.303. The molecule has 0 fully saturated rings. The van der Waals surface area contributed by atoms with Crippen LogP contribution in [0.2, 0.25) is 0 Å². The van der Waals surface area contributed by atoms with Crippen molar-refractivity contribution in [2.45, 2.75) is 19.0 Å². The summed E-state index contributed by atoms with van der Waals surface area (Å²) in [6, 6.07) is 13.7. The van der Waals surface area contributed by atoms with Gasteiger partial charge < -0.3 is 0 Å². The van der Waals surface area contributed by atoms with Crippen LogP contribution in [0.3, 0.4) is 0 Å². The lowest BCUT2D eigenvalue weighted by atomic mass is 10.1. The second-order valence-electron chi connectivity index (χ2n) is 4.37. The molecule has 0 radical (unpaired) electrons. The molecule has 0 aliphatic heterocycles. The molecule has 0 bridgehead atoms. The Hall–Kier alpha value is -0.940. The van der Waals surface area contributed by atoms with Crippen molar-refractivity contribution in [1.82, 2.24) is 5.32 Å². The van der Waals surface area contributed by atoms with Gasteiger partial charge in [-0.15, -0.1) is 34.0 Å². The number of hydrogen-bond acceptors (Lipinski definition) is 4. The number of rotatable bonds is 5. The first-order chi connectivity index (χ1) is 9.34. The molecule has 0 aliphatic rings. The molecule has 19 heavy (non-hydrogen) atoms. The molecule has 0 aliphatic carbocycles. The maximum absolute atomic E-state index is 3.76. The van der Waals surface area contributed by atoms with Crippen LogP contribution in [-0.2, 0) is 0 Å². The van der Waals surface area contributed by atoms with Crippen LogP contribution in [0.5, 0.6) is 0 Å². The molecule has 0 saturated carbocycles. The van der Waals surface area contributed by atoms with Crippen molar-refractivity contribution >= 4 is 34.0 Å². The van der Waals surface area contributed by atoms with Crippen LogP contribution in [0.1, 0.15) is 33.6 Å². The maximum atomic E-state index is 3.76. The van der Waals surface area contributed by atoms with E-state index in [1.54, 1.807) is 0 Å². The molecule has 0 aromatic carbocycles. The molecule has 0 amide bonds. The summed E-state index contributed by atoms with van der Waals surface area (Å²) < 4.78 is 0. The summed E-state index contributed by atoms with van der Waals surface area (Å²) in [7, 11) is 0. The van der Waals surface area contributed by atoms with Gasteiger partial charge in [-0.3, -0.25) is 5.32 Å². The van der Waals surface area contributed by atoms with Gasteiger partial charge in [-0.2, -0.15) is 0 Å². The number of thiophene rings is 3. The lowest BCUT2D eigenvalue weighted by Gasteiger charge is -2.21. The lowest BCUT2D eigenvalue weighted by Crippen LogP contribution is -2.23. The van der Waals surface area contributed by atoms with Crippen LogP contribution in [0, 0.1) is 0 Å². The molecule has 98 valence electrons. The van der Waals surface area contributed by atoms with Gasteiger partial charge in [-0.05, 0) is 41.3 Å². The van der Waals surface area contributed by atoms with Gasteiger partial charge >= 0.3 is 0 Å². The van der Waals surface area contributed by atoms with Crippen molar-refractivity contribution in [3.05, 3.63) is 67.2 Å². The van der Waals surface area contributed by atoms with E-state index < -0.39 is 0 Å². The number of nitrogens with one attached hydrogen (secondary N) is 1. The highest BCUT2D eigenvalue weighted by molar-refractivity contribution is 7.11. The topological polar surface area (TPSA) is 12.0 Å². The molecular formula is C15H15NS3. The van der Waals surface area contributed by atoms with E-state index in [4.69, 9.17) is 0 Å². The van der Waals surface area contributed by atoms with Gasteiger partial charge in [-0.1, -0.05) is 18.2 Å². The largest absolute Gasteiger partial charge is 0.297 e. The smallest absolute Gasteiger partial charge is 0.0769 e. The Kier molecular flexibility index (Phi) is 4.13. The monoisotopic (exact) mass is 305 g/mol. The Labute approximate surface area is 125 Å². The second kappa shape index (κ2) is 6.01. The highest BCUT2D eigenvalue weighted by Crippen LogP contribution is 2.32. The zero-order chi connectivity index (χ0) is 13.1. The molecule has 0 spiro atoms. The van der Waals surface area contributed by atoms with E-state index in [1.165, 1.54) is 14.6 Å². The summed E-state index contributed by atoms with van der Waals surface area (Å²) >= 11 is 5.44. The first kappa shape index (κ1) is 13.1. The van der Waals surface area contributed by atoms with Crippen LogP contribution in [-0.4, -0.2) is 0 Å². The molecular weight excluding hydrogens is 290 g/mol. The third kappa shape index (κ3) is 2.98. The zero-order valence-electron chi connectivity index (χ0n) is 10.6. The van der Waals surface area contributed by atoms with Crippen molar-refractivity contribution in [3.8, 4) is 0 Å². The molecule has 1 N–H and O–H groups in total. The highest BCUT2D eigenvalue weighted by Gasteiger charge is 2.19. The van der Waals surface area contributed by atoms with E-state index in [0.29, 0.717) is 12.1 Å². The Morgan fingerprint density at radius 2 is 1.26 bits per heavy atom. The highest BCUT2D eigenvalue weighted by atomic mass is 32.1. The lowest BCUT2D eigenvalue weighted by molar-refractivity contribution is 0.533. The first-order valence-electron chi connectivity index (χ1n) is 6.21. The summed E-state index contributed by atoms with van der Waals surface area (Å²) in [6.45, 7) is 2.24. The van der Waals surface area contributed by atoms with Gasteiger partial charge in [0, 0.05) is 20.7 Å². The minimum Gasteiger partial charge on any atom is -0.297 e. The van der Waals surface area contributed by atoms with Crippen LogP contribution in [0.15, 0.2) is 52.5 Å². The van der Waals surface area contributed by atoms with E-state index in [1.807, 2.05) is 34.0 Å². The van der Waals surface area contributed by atoms with Gasteiger partial charge in [0.2, 0.25) is 0 Å². The molecule has 0 unspecified atom stereocenters. The molecule has 3 aromatic rings. The Morgan fingerprint density at radius 1 is 0.789 bits per heavy atom. The Bertz CT molecular complexity index is 547. The summed E-state index contributed by atoms with van der Waals surface area (Å²) in [5.41, 5.74) is 0. The second-order valence-corrected chi connectivity index (χ2v) is 7.31. The molecule has 0 saturated heterocycles. The predicted octanol–water partition coefficient (Wildman–Crippen LogP) is 5.31. The SMILES string of the molecule is C[C@H](NC(c1cccs1)c1cccs1)c1cccs1. The molecule has 3 heterocycles. The van der Waals surface area contributed by atoms with Crippen molar-refractivity contribution in [2.24, 2.45) is 0 Å².